The summed E-state index contributed by atoms with van der Waals surface area (Å²) in [6, 6.07) is 0. The number of oxazole rings is 1. The first-order valence-electron chi connectivity index (χ1n) is 2.35. The molecule has 1 aromatic rings. The van der Waals surface area contributed by atoms with Crippen LogP contribution in [-0.2, 0) is 23.7 Å². The normalized spacial score (nSPS) is 8.67. The van der Waals surface area contributed by atoms with Crippen molar-refractivity contribution in [1.29, 1.82) is 0 Å². The number of nitrogens with zero attached hydrogens (tertiary/aromatic N) is 1. The maximum Gasteiger partial charge on any atom is 0.191 e. The Kier molecular flexibility index (Phi) is 3.54. The molecular formula is C5H7CuNO2. The predicted octanol–water partition coefficient (Wildman–Crippen LogP) is 0.473. The maximum absolute atomic E-state index is 8.43. The fourth-order valence-electron chi connectivity index (χ4n) is 0.481. The van der Waals surface area contributed by atoms with Gasteiger partial charge < -0.3 is 9.52 Å². The maximum atomic E-state index is 8.43. The zero-order valence-electron chi connectivity index (χ0n) is 4.89. The van der Waals surface area contributed by atoms with E-state index in [-0.39, 0.29) is 23.7 Å². The molecule has 1 heterocycles. The fraction of sp³-hybridized carbons (Fsp3) is 0.400. The molecular weight excluding hydrogens is 170 g/mol. The molecule has 0 unspecified atom stereocenters. The molecule has 0 bridgehead atoms. The van der Waals surface area contributed by atoms with E-state index < -0.39 is 0 Å². The molecule has 0 saturated carbocycles. The summed E-state index contributed by atoms with van der Waals surface area (Å²) in [6.45, 7) is 1.69. The van der Waals surface area contributed by atoms with Gasteiger partial charge in [0.25, 0.3) is 0 Å². The zero-order valence-corrected chi connectivity index (χ0v) is 5.83. The van der Waals surface area contributed by atoms with Gasteiger partial charge in [-0.05, 0) is 0 Å². The summed E-state index contributed by atoms with van der Waals surface area (Å²) in [7, 11) is 0. The number of rotatable bonds is 1. The van der Waals surface area contributed by atoms with Crippen LogP contribution < -0.4 is 0 Å². The molecule has 1 aromatic heterocycles. The van der Waals surface area contributed by atoms with Crippen LogP contribution in [0, 0.1) is 6.92 Å². The first kappa shape index (κ1) is 8.69. The van der Waals surface area contributed by atoms with Crippen LogP contribution in [0.4, 0.5) is 0 Å². The number of hydrogen-bond donors (Lipinski definition) is 1. The Morgan fingerprint density at radius 2 is 2.44 bits per heavy atom. The number of aromatic nitrogens is 1. The monoisotopic (exact) mass is 176 g/mol. The van der Waals surface area contributed by atoms with Gasteiger partial charge in [0.15, 0.2) is 5.89 Å². The third-order valence-corrected chi connectivity index (χ3v) is 0.829. The van der Waals surface area contributed by atoms with E-state index in [0.717, 1.165) is 0 Å². The van der Waals surface area contributed by atoms with Crippen LogP contribution in [0.1, 0.15) is 11.6 Å². The van der Waals surface area contributed by atoms with Gasteiger partial charge in [-0.3, -0.25) is 0 Å². The molecule has 0 aliphatic heterocycles. The summed E-state index contributed by atoms with van der Waals surface area (Å²) in [6.07, 6.45) is 1.44. The molecule has 4 heteroatoms. The molecule has 9 heavy (non-hydrogen) atoms. The molecule has 1 rings (SSSR count). The molecule has 55 valence electrons. The molecule has 0 atom stereocenters. The molecule has 1 N–H and O–H groups in total. The molecule has 0 spiro atoms. The van der Waals surface area contributed by atoms with Crippen molar-refractivity contribution in [2.24, 2.45) is 0 Å². The van der Waals surface area contributed by atoms with Crippen molar-refractivity contribution < 1.29 is 26.6 Å². The van der Waals surface area contributed by atoms with Gasteiger partial charge in [-0.1, -0.05) is 0 Å². The van der Waals surface area contributed by atoms with Gasteiger partial charge in [-0.25, -0.2) is 4.98 Å². The van der Waals surface area contributed by atoms with E-state index in [0.29, 0.717) is 11.6 Å². The topological polar surface area (TPSA) is 46.3 Å². The second-order valence-electron chi connectivity index (χ2n) is 1.52. The van der Waals surface area contributed by atoms with E-state index in [2.05, 4.69) is 4.98 Å². The first-order valence-corrected chi connectivity index (χ1v) is 2.35. The molecule has 1 radical (unpaired) electrons. The summed E-state index contributed by atoms with van der Waals surface area (Å²) < 4.78 is 4.78. The van der Waals surface area contributed by atoms with Crippen LogP contribution in [0.15, 0.2) is 10.7 Å². The minimum Gasteiger partial charge on any atom is -0.449 e. The summed E-state index contributed by atoms with van der Waals surface area (Å²) >= 11 is 0. The van der Waals surface area contributed by atoms with Crippen molar-refractivity contribution in [1.82, 2.24) is 4.98 Å². The molecule has 0 aliphatic carbocycles. The summed E-state index contributed by atoms with van der Waals surface area (Å²) in [5.74, 6) is 0.592. The molecule has 0 aliphatic rings. The van der Waals surface area contributed by atoms with Crippen LogP contribution in [0.3, 0.4) is 0 Å². The second kappa shape index (κ2) is 3.67. The van der Waals surface area contributed by atoms with Crippen LogP contribution in [0.25, 0.3) is 0 Å². The van der Waals surface area contributed by atoms with Gasteiger partial charge in [0, 0.05) is 24.0 Å². The van der Waals surface area contributed by atoms with Gasteiger partial charge in [0.05, 0.1) is 6.61 Å². The van der Waals surface area contributed by atoms with Crippen LogP contribution in [0.2, 0.25) is 0 Å². The number of aryl methyl sites for hydroxylation is 1. The van der Waals surface area contributed by atoms with Crippen LogP contribution >= 0.6 is 0 Å². The van der Waals surface area contributed by atoms with Crippen molar-refractivity contribution in [3.8, 4) is 0 Å². The quantitative estimate of drug-likeness (QED) is 0.633. The van der Waals surface area contributed by atoms with Crippen molar-refractivity contribution >= 4 is 0 Å². The van der Waals surface area contributed by atoms with E-state index in [1.165, 1.54) is 6.26 Å². The smallest absolute Gasteiger partial charge is 0.191 e. The molecule has 0 amide bonds. The fourth-order valence-corrected chi connectivity index (χ4v) is 0.481. The van der Waals surface area contributed by atoms with Crippen LogP contribution in [0.5, 0.6) is 0 Å². The van der Waals surface area contributed by atoms with Crippen molar-refractivity contribution in [3.05, 3.63) is 17.8 Å². The van der Waals surface area contributed by atoms with E-state index in [1.807, 2.05) is 0 Å². The predicted molar refractivity (Wildman–Crippen MR) is 27.2 cm³/mol. The Morgan fingerprint density at radius 3 is 2.67 bits per heavy atom. The SMILES string of the molecule is Cc1nc(CO)co1.[Cu]. The molecule has 0 fully saturated rings. The van der Waals surface area contributed by atoms with Gasteiger partial charge >= 0.3 is 0 Å². The number of hydrogen-bond acceptors (Lipinski definition) is 3. The Hall–Kier alpha value is -0.311. The van der Waals surface area contributed by atoms with Gasteiger partial charge in [-0.2, -0.15) is 0 Å². The van der Waals surface area contributed by atoms with Crippen molar-refractivity contribution in [2.45, 2.75) is 13.5 Å². The first-order chi connectivity index (χ1) is 3.83. The third-order valence-electron chi connectivity index (χ3n) is 0.829. The zero-order chi connectivity index (χ0) is 5.98. The van der Waals surface area contributed by atoms with Gasteiger partial charge in [0.1, 0.15) is 12.0 Å². The average Bonchev–Trinajstić information content (AvgIpc) is 2.14. The minimum atomic E-state index is -0.0443. The molecule has 0 saturated heterocycles. The Morgan fingerprint density at radius 1 is 1.78 bits per heavy atom. The minimum absolute atomic E-state index is 0. The Balaban J connectivity index is 0.000000640. The number of aliphatic hydroxyl groups is 1. The van der Waals surface area contributed by atoms with Gasteiger partial charge in [-0.15, -0.1) is 0 Å². The van der Waals surface area contributed by atoms with Crippen molar-refractivity contribution in [3.63, 3.8) is 0 Å². The summed E-state index contributed by atoms with van der Waals surface area (Å²) in [4.78, 5) is 3.81. The van der Waals surface area contributed by atoms with E-state index >= 15 is 0 Å². The molecule has 0 aromatic carbocycles. The van der Waals surface area contributed by atoms with Crippen LogP contribution in [-0.4, -0.2) is 10.1 Å². The Bertz CT molecular complexity index is 175. The number of aliphatic hydroxyl groups excluding tert-OH is 1. The second-order valence-corrected chi connectivity index (χ2v) is 1.52. The van der Waals surface area contributed by atoms with E-state index in [9.17, 15) is 0 Å². The summed E-state index contributed by atoms with van der Waals surface area (Å²) in [5, 5.41) is 8.43. The standard InChI is InChI=1S/C5H7NO2.Cu/c1-4-6-5(2-7)3-8-4;/h3,7H,2H2,1H3;. The largest absolute Gasteiger partial charge is 0.449 e. The van der Waals surface area contributed by atoms with Crippen molar-refractivity contribution in [2.75, 3.05) is 0 Å². The average molecular weight is 177 g/mol. The van der Waals surface area contributed by atoms with E-state index in [4.69, 9.17) is 9.52 Å². The summed E-state index contributed by atoms with van der Waals surface area (Å²) in [5.41, 5.74) is 0.586. The van der Waals surface area contributed by atoms with E-state index in [1.54, 1.807) is 6.92 Å². The molecule has 3 nitrogen and oxygen atoms in total. The van der Waals surface area contributed by atoms with Gasteiger partial charge in [0.2, 0.25) is 0 Å². The third kappa shape index (κ3) is 2.18. The Labute approximate surface area is 63.6 Å².